The van der Waals surface area contributed by atoms with Crippen LogP contribution in [0.25, 0.3) is 5.69 Å². The predicted octanol–water partition coefficient (Wildman–Crippen LogP) is 5.96. The molecule has 1 atom stereocenters. The van der Waals surface area contributed by atoms with Crippen molar-refractivity contribution in [3.05, 3.63) is 70.5 Å². The minimum atomic E-state index is -0.683. The Morgan fingerprint density at radius 2 is 1.90 bits per heavy atom. The predicted molar refractivity (Wildman–Crippen MR) is 128 cm³/mol. The van der Waals surface area contributed by atoms with Crippen LogP contribution < -0.4 is 5.32 Å². The van der Waals surface area contributed by atoms with Crippen molar-refractivity contribution in [1.29, 1.82) is 0 Å². The second-order valence-electron chi connectivity index (χ2n) is 8.09. The third-order valence-electron chi connectivity index (χ3n) is 4.96. The number of nitrogens with zero attached hydrogens (tertiary/aromatic N) is 3. The van der Waals surface area contributed by atoms with Gasteiger partial charge in [0.25, 0.3) is 0 Å². The van der Waals surface area contributed by atoms with Crippen LogP contribution >= 0.6 is 35.0 Å². The van der Waals surface area contributed by atoms with Crippen LogP contribution in [0.1, 0.15) is 43.8 Å². The number of alkyl halides is 1. The van der Waals surface area contributed by atoms with Gasteiger partial charge in [0.05, 0.1) is 17.1 Å². The highest BCUT2D eigenvalue weighted by molar-refractivity contribution is 7.98. The third-order valence-corrected chi connectivity index (χ3v) is 6.87. The van der Waals surface area contributed by atoms with Gasteiger partial charge in [-0.1, -0.05) is 59.8 Å². The van der Waals surface area contributed by atoms with E-state index in [0.717, 1.165) is 22.2 Å². The molecule has 0 saturated carbocycles. The highest BCUT2D eigenvalue weighted by Gasteiger charge is 2.30. The van der Waals surface area contributed by atoms with E-state index in [0.29, 0.717) is 10.8 Å². The first-order valence-corrected chi connectivity index (χ1v) is 11.9. The van der Waals surface area contributed by atoms with Gasteiger partial charge in [0.15, 0.2) is 11.0 Å². The van der Waals surface area contributed by atoms with E-state index in [1.807, 2.05) is 68.7 Å². The molecule has 3 rings (SSSR count). The monoisotopic (exact) mass is 476 g/mol. The molecule has 0 aliphatic heterocycles. The van der Waals surface area contributed by atoms with Gasteiger partial charge in [0.1, 0.15) is 0 Å². The number of rotatable bonds is 8. The lowest BCUT2D eigenvalue weighted by atomic mass is 9.95. The number of aryl methyl sites for hydroxylation is 1. The second kappa shape index (κ2) is 10.1. The average Bonchev–Trinajstić information content (AvgIpc) is 3.18. The summed E-state index contributed by atoms with van der Waals surface area (Å²) >= 11 is 13.9. The number of hydrogen-bond donors (Lipinski definition) is 1. The lowest BCUT2D eigenvalue weighted by Crippen LogP contribution is -2.40. The van der Waals surface area contributed by atoms with Gasteiger partial charge in [0, 0.05) is 16.7 Å². The Hall–Kier alpha value is -2.02. The quantitative estimate of drug-likeness (QED) is 0.321. The number of halogens is 2. The first-order valence-electron chi connectivity index (χ1n) is 9.98. The van der Waals surface area contributed by atoms with Crippen molar-refractivity contribution >= 4 is 40.9 Å². The molecule has 0 aliphatic rings. The molecule has 1 unspecified atom stereocenters. The maximum absolute atomic E-state index is 12.7. The van der Waals surface area contributed by atoms with Crippen LogP contribution in [-0.4, -0.2) is 26.6 Å². The molecule has 1 aromatic heterocycles. The van der Waals surface area contributed by atoms with Crippen molar-refractivity contribution < 1.29 is 4.79 Å². The molecule has 5 nitrogen and oxygen atoms in total. The summed E-state index contributed by atoms with van der Waals surface area (Å²) in [5, 5.41) is 13.3. The fraction of sp³-hybridized carbons (Fsp3) is 0.348. The van der Waals surface area contributed by atoms with Gasteiger partial charge < -0.3 is 5.32 Å². The van der Waals surface area contributed by atoms with Gasteiger partial charge in [-0.2, -0.15) is 0 Å². The zero-order valence-electron chi connectivity index (χ0n) is 18.0. The highest BCUT2D eigenvalue weighted by Crippen LogP contribution is 2.31. The van der Waals surface area contributed by atoms with E-state index in [2.05, 4.69) is 27.6 Å². The number of thioether (sulfide) groups is 1. The molecule has 8 heteroatoms. The van der Waals surface area contributed by atoms with Crippen molar-refractivity contribution in [3.63, 3.8) is 0 Å². The van der Waals surface area contributed by atoms with E-state index in [4.69, 9.17) is 23.2 Å². The van der Waals surface area contributed by atoms with Crippen LogP contribution in [0, 0.1) is 12.3 Å². The van der Waals surface area contributed by atoms with Gasteiger partial charge in [-0.25, -0.2) is 0 Å². The molecule has 0 fully saturated rings. The van der Waals surface area contributed by atoms with E-state index < -0.39 is 5.41 Å². The smallest absolute Gasteiger partial charge is 0.227 e. The van der Waals surface area contributed by atoms with E-state index >= 15 is 0 Å². The molecule has 164 valence electrons. The number of nitrogens with one attached hydrogen (secondary N) is 1. The molecule has 31 heavy (non-hydrogen) atoms. The van der Waals surface area contributed by atoms with Gasteiger partial charge in [0.2, 0.25) is 5.91 Å². The zero-order valence-corrected chi connectivity index (χ0v) is 20.4. The van der Waals surface area contributed by atoms with Gasteiger partial charge >= 0.3 is 0 Å². The molecule has 1 N–H and O–H groups in total. The molecular formula is C23H26Cl2N4OS. The maximum atomic E-state index is 12.7. The van der Waals surface area contributed by atoms with Crippen molar-refractivity contribution in [2.45, 2.75) is 44.6 Å². The van der Waals surface area contributed by atoms with Crippen molar-refractivity contribution in [2.75, 3.05) is 5.88 Å². The number of benzene rings is 2. The summed E-state index contributed by atoms with van der Waals surface area (Å²) in [5.74, 6) is 1.48. The Balaban J connectivity index is 1.98. The van der Waals surface area contributed by atoms with Crippen LogP contribution in [0.15, 0.2) is 53.7 Å². The first kappa shape index (κ1) is 23.6. The van der Waals surface area contributed by atoms with E-state index in [1.54, 1.807) is 11.8 Å². The maximum Gasteiger partial charge on any atom is 0.227 e. The normalized spacial score (nSPS) is 12.6. The topological polar surface area (TPSA) is 59.8 Å². The van der Waals surface area contributed by atoms with Crippen LogP contribution in [0.2, 0.25) is 5.02 Å². The molecule has 1 heterocycles. The zero-order chi connectivity index (χ0) is 22.6. The average molecular weight is 477 g/mol. The van der Waals surface area contributed by atoms with Crippen molar-refractivity contribution in [3.8, 4) is 5.69 Å². The summed E-state index contributed by atoms with van der Waals surface area (Å²) < 4.78 is 1.98. The Labute approximate surface area is 197 Å². The fourth-order valence-corrected chi connectivity index (χ4v) is 4.14. The Bertz CT molecular complexity index is 1050. The first-order chi connectivity index (χ1) is 14.7. The third kappa shape index (κ3) is 5.62. The second-order valence-corrected chi connectivity index (χ2v) is 9.74. The van der Waals surface area contributed by atoms with Crippen LogP contribution in [0.5, 0.6) is 0 Å². The molecule has 0 spiro atoms. The molecular weight excluding hydrogens is 451 g/mol. The Morgan fingerprint density at radius 3 is 2.58 bits per heavy atom. The number of hydrogen-bond acceptors (Lipinski definition) is 4. The highest BCUT2D eigenvalue weighted by atomic mass is 35.5. The van der Waals surface area contributed by atoms with Gasteiger partial charge in [-0.05, 0) is 51.0 Å². The number of aromatic nitrogens is 3. The van der Waals surface area contributed by atoms with E-state index in [1.165, 1.54) is 5.56 Å². The van der Waals surface area contributed by atoms with Crippen LogP contribution in [0.3, 0.4) is 0 Å². The molecule has 0 radical (unpaired) electrons. The van der Waals surface area contributed by atoms with E-state index in [9.17, 15) is 4.79 Å². The van der Waals surface area contributed by atoms with Gasteiger partial charge in [-0.15, -0.1) is 21.8 Å². The summed E-state index contributed by atoms with van der Waals surface area (Å²) in [6, 6.07) is 15.5. The minimum absolute atomic E-state index is 0.133. The summed E-state index contributed by atoms with van der Waals surface area (Å²) in [6.45, 7) is 7.54. The summed E-state index contributed by atoms with van der Waals surface area (Å²) in [4.78, 5) is 12.7. The number of carbonyl (C=O) groups is 1. The number of carbonyl (C=O) groups excluding carboxylic acids is 1. The molecule has 3 aromatic rings. The largest absolute Gasteiger partial charge is 0.346 e. The molecule has 1 amide bonds. The molecule has 2 aromatic carbocycles. The standard InChI is InChI=1S/C23H26Cl2N4OS/c1-15-10-11-18(25)12-19(15)29-20(16(2)26-21(30)23(3,4)14-24)27-28-22(29)31-13-17-8-6-5-7-9-17/h5-12,16H,13-14H2,1-4H3,(H,26,30). The summed E-state index contributed by atoms with van der Waals surface area (Å²) in [5.41, 5.74) is 2.43. The van der Waals surface area contributed by atoms with Crippen molar-refractivity contribution in [1.82, 2.24) is 20.1 Å². The molecule has 0 bridgehead atoms. The summed E-state index contributed by atoms with van der Waals surface area (Å²) in [7, 11) is 0. The SMILES string of the molecule is Cc1ccc(Cl)cc1-n1c(SCc2ccccc2)nnc1C(C)NC(=O)C(C)(C)CCl. The lowest BCUT2D eigenvalue weighted by Gasteiger charge is -2.24. The van der Waals surface area contributed by atoms with E-state index in [-0.39, 0.29) is 17.8 Å². The number of amides is 1. The van der Waals surface area contributed by atoms with Crippen molar-refractivity contribution in [2.24, 2.45) is 5.41 Å². The van der Waals surface area contributed by atoms with Crippen LogP contribution in [0.4, 0.5) is 0 Å². The fourth-order valence-electron chi connectivity index (χ4n) is 2.94. The minimum Gasteiger partial charge on any atom is -0.346 e. The molecule has 0 aliphatic carbocycles. The lowest BCUT2D eigenvalue weighted by molar-refractivity contribution is -0.129. The van der Waals surface area contributed by atoms with Gasteiger partial charge in [-0.3, -0.25) is 9.36 Å². The Kier molecular flexibility index (Phi) is 7.68. The Morgan fingerprint density at radius 1 is 1.19 bits per heavy atom. The van der Waals surface area contributed by atoms with Crippen LogP contribution in [-0.2, 0) is 10.5 Å². The molecule has 0 saturated heterocycles. The summed E-state index contributed by atoms with van der Waals surface area (Å²) in [6.07, 6.45) is 0.